The molecule has 3 aromatic rings. The molecule has 1 amide bonds. The Balaban J connectivity index is 1.91. The summed E-state index contributed by atoms with van der Waals surface area (Å²) in [6.07, 6.45) is 0. The second-order valence-electron chi connectivity index (χ2n) is 4.62. The van der Waals surface area contributed by atoms with Crippen molar-refractivity contribution in [1.82, 2.24) is 9.59 Å². The molecule has 0 aliphatic heterocycles. The Morgan fingerprint density at radius 1 is 1.22 bits per heavy atom. The van der Waals surface area contributed by atoms with Crippen LogP contribution >= 0.6 is 23.1 Å². The van der Waals surface area contributed by atoms with Crippen molar-refractivity contribution in [3.8, 4) is 17.0 Å². The molecule has 0 aliphatic carbocycles. The van der Waals surface area contributed by atoms with Crippen molar-refractivity contribution in [2.75, 3.05) is 12.4 Å². The van der Waals surface area contributed by atoms with Crippen LogP contribution < -0.4 is 10.1 Å². The fourth-order valence-electron chi connectivity index (χ4n) is 2.08. The predicted octanol–water partition coefficient (Wildman–Crippen LogP) is 4.12. The van der Waals surface area contributed by atoms with Gasteiger partial charge in [0, 0.05) is 10.6 Å². The number of methoxy groups -OCH3 is 1. The Morgan fingerprint density at radius 3 is 2.74 bits per heavy atom. The molecule has 23 heavy (non-hydrogen) atoms. The molecule has 1 aromatic heterocycles. The van der Waals surface area contributed by atoms with E-state index in [-0.39, 0.29) is 5.91 Å². The van der Waals surface area contributed by atoms with Crippen LogP contribution in [0.15, 0.2) is 48.5 Å². The molecule has 0 fully saturated rings. The first kappa shape index (κ1) is 15.5. The van der Waals surface area contributed by atoms with Crippen molar-refractivity contribution in [1.29, 1.82) is 0 Å². The van der Waals surface area contributed by atoms with Gasteiger partial charge in [0.15, 0.2) is 0 Å². The van der Waals surface area contributed by atoms with Gasteiger partial charge in [0.05, 0.1) is 12.8 Å². The highest BCUT2D eigenvalue weighted by Crippen LogP contribution is 2.30. The molecule has 5 nitrogen and oxygen atoms in total. The highest BCUT2D eigenvalue weighted by Gasteiger charge is 2.19. The van der Waals surface area contributed by atoms with Crippen molar-refractivity contribution in [2.24, 2.45) is 0 Å². The maximum atomic E-state index is 12.6. The second-order valence-corrected chi connectivity index (χ2v) is 5.81. The summed E-state index contributed by atoms with van der Waals surface area (Å²) < 4.78 is 9.13. The van der Waals surface area contributed by atoms with E-state index in [1.54, 1.807) is 18.2 Å². The van der Waals surface area contributed by atoms with E-state index in [2.05, 4.69) is 14.9 Å². The number of aromatic nitrogens is 2. The summed E-state index contributed by atoms with van der Waals surface area (Å²) in [6.45, 7) is 0. The first-order valence-electron chi connectivity index (χ1n) is 6.71. The number of hydrogen-bond acceptors (Lipinski definition) is 5. The lowest BCUT2D eigenvalue weighted by Gasteiger charge is -2.10. The molecule has 7 heteroatoms. The van der Waals surface area contributed by atoms with Gasteiger partial charge in [-0.05, 0) is 29.7 Å². The summed E-state index contributed by atoms with van der Waals surface area (Å²) in [6, 6.07) is 14.5. The lowest BCUT2D eigenvalue weighted by atomic mass is 10.1. The smallest absolute Gasteiger partial charge is 0.269 e. The molecule has 0 saturated carbocycles. The van der Waals surface area contributed by atoms with E-state index in [1.807, 2.05) is 30.3 Å². The number of nitrogens with zero attached hydrogens (tertiary/aromatic N) is 2. The van der Waals surface area contributed by atoms with Gasteiger partial charge in [-0.1, -0.05) is 46.4 Å². The Hall–Kier alpha value is -2.44. The van der Waals surface area contributed by atoms with Gasteiger partial charge >= 0.3 is 0 Å². The SMILES string of the molecule is COc1ccc(Cl)cc1NC(=O)c1snnc1-c1ccccc1. The molecule has 2 aromatic carbocycles. The quantitative estimate of drug-likeness (QED) is 0.772. The standard InChI is InChI=1S/C16H12ClN3O2S/c1-22-13-8-7-11(17)9-12(13)18-16(21)15-14(19-20-23-15)10-5-3-2-4-6-10/h2-9H,1H3,(H,18,21). The van der Waals surface area contributed by atoms with Gasteiger partial charge < -0.3 is 10.1 Å². The minimum Gasteiger partial charge on any atom is -0.495 e. The summed E-state index contributed by atoms with van der Waals surface area (Å²) in [5.41, 5.74) is 1.89. The monoisotopic (exact) mass is 345 g/mol. The molecular formula is C16H12ClN3O2S. The number of hydrogen-bond donors (Lipinski definition) is 1. The zero-order valence-electron chi connectivity index (χ0n) is 12.1. The van der Waals surface area contributed by atoms with Crippen LogP contribution in [-0.4, -0.2) is 22.6 Å². The lowest BCUT2D eigenvalue weighted by Crippen LogP contribution is -2.12. The van der Waals surface area contributed by atoms with Crippen LogP contribution in [0.4, 0.5) is 5.69 Å². The first-order valence-corrected chi connectivity index (χ1v) is 7.87. The maximum Gasteiger partial charge on any atom is 0.269 e. The molecule has 0 bridgehead atoms. The zero-order valence-corrected chi connectivity index (χ0v) is 13.7. The number of anilines is 1. The van der Waals surface area contributed by atoms with E-state index in [1.165, 1.54) is 7.11 Å². The second kappa shape index (κ2) is 6.76. The summed E-state index contributed by atoms with van der Waals surface area (Å²) in [7, 11) is 1.53. The average molecular weight is 346 g/mol. The molecular weight excluding hydrogens is 334 g/mol. The predicted molar refractivity (Wildman–Crippen MR) is 91.3 cm³/mol. The normalized spacial score (nSPS) is 10.3. The fraction of sp³-hybridized carbons (Fsp3) is 0.0625. The van der Waals surface area contributed by atoms with Crippen LogP contribution in [0.25, 0.3) is 11.3 Å². The van der Waals surface area contributed by atoms with Gasteiger partial charge in [0.2, 0.25) is 0 Å². The first-order chi connectivity index (χ1) is 11.2. The van der Waals surface area contributed by atoms with Crippen molar-refractivity contribution in [3.05, 3.63) is 58.4 Å². The number of amides is 1. The number of carbonyl (C=O) groups is 1. The van der Waals surface area contributed by atoms with Gasteiger partial charge in [-0.3, -0.25) is 4.79 Å². The third-order valence-corrected chi connectivity index (χ3v) is 4.11. The van der Waals surface area contributed by atoms with E-state index in [9.17, 15) is 4.79 Å². The molecule has 0 spiro atoms. The number of nitrogens with one attached hydrogen (secondary N) is 1. The van der Waals surface area contributed by atoms with E-state index in [0.717, 1.165) is 17.1 Å². The third kappa shape index (κ3) is 3.33. The van der Waals surface area contributed by atoms with Gasteiger partial charge in [0.25, 0.3) is 5.91 Å². The number of benzene rings is 2. The van der Waals surface area contributed by atoms with E-state index in [4.69, 9.17) is 16.3 Å². The van der Waals surface area contributed by atoms with Gasteiger partial charge in [-0.2, -0.15) is 0 Å². The highest BCUT2D eigenvalue weighted by atomic mass is 35.5. The molecule has 0 aliphatic rings. The Morgan fingerprint density at radius 2 is 2.00 bits per heavy atom. The van der Waals surface area contributed by atoms with Crippen molar-refractivity contribution >= 4 is 34.7 Å². The molecule has 0 radical (unpaired) electrons. The highest BCUT2D eigenvalue weighted by molar-refractivity contribution is 7.08. The summed E-state index contributed by atoms with van der Waals surface area (Å²) >= 11 is 7.02. The van der Waals surface area contributed by atoms with E-state index in [0.29, 0.717) is 27.0 Å². The number of rotatable bonds is 4. The number of carbonyl (C=O) groups excluding carboxylic acids is 1. The van der Waals surface area contributed by atoms with E-state index >= 15 is 0 Å². The van der Waals surface area contributed by atoms with Crippen LogP contribution in [0.2, 0.25) is 5.02 Å². The summed E-state index contributed by atoms with van der Waals surface area (Å²) in [5, 5.41) is 7.36. The zero-order chi connectivity index (χ0) is 16.2. The van der Waals surface area contributed by atoms with Gasteiger partial charge in [0.1, 0.15) is 16.3 Å². The summed E-state index contributed by atoms with van der Waals surface area (Å²) in [4.78, 5) is 13.0. The van der Waals surface area contributed by atoms with Gasteiger partial charge in [-0.15, -0.1) is 5.10 Å². The largest absolute Gasteiger partial charge is 0.495 e. The average Bonchev–Trinajstić information content (AvgIpc) is 3.05. The molecule has 3 rings (SSSR count). The molecule has 116 valence electrons. The minimum atomic E-state index is -0.306. The van der Waals surface area contributed by atoms with Crippen LogP contribution in [0.3, 0.4) is 0 Å². The van der Waals surface area contributed by atoms with Crippen LogP contribution in [0.5, 0.6) is 5.75 Å². The molecule has 0 saturated heterocycles. The third-order valence-electron chi connectivity index (χ3n) is 3.15. The Bertz CT molecular complexity index is 836. The molecule has 0 unspecified atom stereocenters. The van der Waals surface area contributed by atoms with Gasteiger partial charge in [-0.25, -0.2) is 0 Å². The summed E-state index contributed by atoms with van der Waals surface area (Å²) in [5.74, 6) is 0.223. The van der Waals surface area contributed by atoms with Crippen LogP contribution in [-0.2, 0) is 0 Å². The molecule has 0 atom stereocenters. The number of ether oxygens (including phenoxy) is 1. The Labute approximate surface area is 142 Å². The van der Waals surface area contributed by atoms with Crippen molar-refractivity contribution < 1.29 is 9.53 Å². The van der Waals surface area contributed by atoms with Crippen LogP contribution in [0, 0.1) is 0 Å². The van der Waals surface area contributed by atoms with E-state index < -0.39 is 0 Å². The van der Waals surface area contributed by atoms with Crippen molar-refractivity contribution in [3.63, 3.8) is 0 Å². The fourth-order valence-corrected chi connectivity index (χ4v) is 2.84. The molecule has 1 heterocycles. The van der Waals surface area contributed by atoms with Crippen LogP contribution in [0.1, 0.15) is 9.67 Å². The molecule has 1 N–H and O–H groups in total. The minimum absolute atomic E-state index is 0.306. The van der Waals surface area contributed by atoms with Crippen molar-refractivity contribution in [2.45, 2.75) is 0 Å². The Kier molecular flexibility index (Phi) is 4.55. The number of halogens is 1. The topological polar surface area (TPSA) is 64.1 Å². The maximum absolute atomic E-state index is 12.6. The lowest BCUT2D eigenvalue weighted by molar-refractivity contribution is 0.103.